The molecule has 1 aromatic rings. The Kier molecular flexibility index (Phi) is 3.03. The molecule has 17 heavy (non-hydrogen) atoms. The Hall–Kier alpha value is -1.23. The minimum Gasteiger partial charge on any atom is -0.463 e. The van der Waals surface area contributed by atoms with Crippen LogP contribution in [0.3, 0.4) is 0 Å². The molecule has 3 nitrogen and oxygen atoms in total. The smallest absolute Gasteiger partial charge is 0.352 e. The molecule has 0 N–H and O–H groups in total. The number of carbonyl (C=O) groups excluding carboxylic acids is 2. The van der Waals surface area contributed by atoms with Crippen LogP contribution in [0.1, 0.15) is 22.8 Å². The van der Waals surface area contributed by atoms with Gasteiger partial charge >= 0.3 is 5.97 Å². The molecular formula is C12H10BrFO3. The number of hydrogen-bond donors (Lipinski definition) is 0. The van der Waals surface area contributed by atoms with Crippen LogP contribution in [-0.2, 0) is 16.0 Å². The van der Waals surface area contributed by atoms with E-state index in [1.165, 1.54) is 0 Å². The molecule has 1 aliphatic carbocycles. The third-order valence-corrected chi connectivity index (χ3v) is 3.38. The molecule has 1 aromatic carbocycles. The molecule has 0 saturated heterocycles. The summed E-state index contributed by atoms with van der Waals surface area (Å²) in [6.07, 6.45) is -0.251. The van der Waals surface area contributed by atoms with E-state index in [-0.39, 0.29) is 18.6 Å². The van der Waals surface area contributed by atoms with Crippen molar-refractivity contribution in [3.05, 3.63) is 33.8 Å². The van der Waals surface area contributed by atoms with Crippen LogP contribution in [0.4, 0.5) is 4.39 Å². The third kappa shape index (κ3) is 1.78. The lowest BCUT2D eigenvalue weighted by Gasteiger charge is -2.14. The summed E-state index contributed by atoms with van der Waals surface area (Å²) in [5.41, 5.74) is -1.80. The quantitative estimate of drug-likeness (QED) is 0.622. The first-order chi connectivity index (χ1) is 8.00. The minimum atomic E-state index is -2.57. The number of esters is 1. The zero-order valence-corrected chi connectivity index (χ0v) is 10.7. The van der Waals surface area contributed by atoms with Crippen LogP contribution in [0.5, 0.6) is 0 Å². The summed E-state index contributed by atoms with van der Waals surface area (Å²) in [5, 5.41) is 0. The van der Waals surface area contributed by atoms with Gasteiger partial charge in [-0.3, -0.25) is 4.79 Å². The molecule has 90 valence electrons. The number of fused-ring (bicyclic) bond motifs is 1. The third-order valence-electron chi connectivity index (χ3n) is 2.72. The summed E-state index contributed by atoms with van der Waals surface area (Å²) in [5.74, 6) is -1.92. The van der Waals surface area contributed by atoms with Gasteiger partial charge in [0, 0.05) is 16.5 Å². The fourth-order valence-electron chi connectivity index (χ4n) is 1.92. The molecule has 0 aliphatic heterocycles. The standard InChI is InChI=1S/C12H10BrFO3/c1-2-17-11(16)12(14)6-7-4-3-5-8(13)9(7)10(12)15/h3-5H,2,6H2,1H3/t12-/m1/s1. The molecule has 1 aliphatic rings. The van der Waals surface area contributed by atoms with E-state index >= 15 is 0 Å². The number of carbonyl (C=O) groups is 2. The zero-order valence-electron chi connectivity index (χ0n) is 9.13. The lowest BCUT2D eigenvalue weighted by atomic mass is 10.0. The molecule has 0 spiro atoms. The molecule has 0 radical (unpaired) electrons. The Bertz CT molecular complexity index is 501. The number of rotatable bonds is 2. The van der Waals surface area contributed by atoms with Crippen LogP contribution in [-0.4, -0.2) is 24.0 Å². The molecule has 1 atom stereocenters. The maximum absolute atomic E-state index is 14.4. The number of halogens is 2. The van der Waals surface area contributed by atoms with E-state index in [1.807, 2.05) is 0 Å². The highest BCUT2D eigenvalue weighted by Gasteiger charge is 2.54. The average Bonchev–Trinajstić information content (AvgIpc) is 2.54. The molecule has 2 rings (SSSR count). The van der Waals surface area contributed by atoms with Gasteiger partial charge in [-0.15, -0.1) is 0 Å². The topological polar surface area (TPSA) is 43.4 Å². The highest BCUT2D eigenvalue weighted by molar-refractivity contribution is 9.10. The van der Waals surface area contributed by atoms with Crippen molar-refractivity contribution < 1.29 is 18.7 Å². The van der Waals surface area contributed by atoms with Crippen molar-refractivity contribution in [3.63, 3.8) is 0 Å². The molecule has 0 fully saturated rings. The highest BCUT2D eigenvalue weighted by atomic mass is 79.9. The largest absolute Gasteiger partial charge is 0.463 e. The summed E-state index contributed by atoms with van der Waals surface area (Å²) in [6, 6.07) is 4.99. The SMILES string of the molecule is CCOC(=O)[C@@]1(F)Cc2cccc(Br)c2C1=O. The lowest BCUT2D eigenvalue weighted by molar-refractivity contribution is -0.153. The van der Waals surface area contributed by atoms with E-state index in [1.54, 1.807) is 25.1 Å². The second-order valence-corrected chi connectivity index (χ2v) is 4.66. The van der Waals surface area contributed by atoms with Crippen LogP contribution in [0.2, 0.25) is 0 Å². The van der Waals surface area contributed by atoms with Crippen LogP contribution in [0.15, 0.2) is 22.7 Å². The van der Waals surface area contributed by atoms with Crippen molar-refractivity contribution >= 4 is 27.7 Å². The lowest BCUT2D eigenvalue weighted by Crippen LogP contribution is -2.41. The highest BCUT2D eigenvalue weighted by Crippen LogP contribution is 2.37. The predicted octanol–water partition coefficient (Wildman–Crippen LogP) is 2.46. The van der Waals surface area contributed by atoms with Crippen molar-refractivity contribution in [1.82, 2.24) is 0 Å². The maximum Gasteiger partial charge on any atom is 0.352 e. The van der Waals surface area contributed by atoms with E-state index in [0.29, 0.717) is 10.0 Å². The summed E-state index contributed by atoms with van der Waals surface area (Å²) < 4.78 is 19.5. The fraction of sp³-hybridized carbons (Fsp3) is 0.333. The van der Waals surface area contributed by atoms with Crippen molar-refractivity contribution in [2.24, 2.45) is 0 Å². The normalized spacial score (nSPS) is 22.4. The van der Waals surface area contributed by atoms with Crippen LogP contribution < -0.4 is 0 Å². The predicted molar refractivity (Wildman–Crippen MR) is 62.6 cm³/mol. The van der Waals surface area contributed by atoms with Gasteiger partial charge in [0.15, 0.2) is 0 Å². The van der Waals surface area contributed by atoms with Gasteiger partial charge in [-0.05, 0) is 18.6 Å². The van der Waals surface area contributed by atoms with Crippen LogP contribution in [0, 0.1) is 0 Å². The van der Waals surface area contributed by atoms with Crippen molar-refractivity contribution in [1.29, 1.82) is 0 Å². The molecule has 0 bridgehead atoms. The molecule has 0 saturated carbocycles. The van der Waals surface area contributed by atoms with Gasteiger partial charge in [-0.25, -0.2) is 9.18 Å². The van der Waals surface area contributed by atoms with Gasteiger partial charge in [0.2, 0.25) is 5.78 Å². The number of ketones is 1. The zero-order chi connectivity index (χ0) is 12.6. The van der Waals surface area contributed by atoms with Crippen molar-refractivity contribution in [2.45, 2.75) is 19.0 Å². The van der Waals surface area contributed by atoms with Gasteiger partial charge in [0.05, 0.1) is 6.61 Å². The Morgan fingerprint density at radius 1 is 1.59 bits per heavy atom. The van der Waals surface area contributed by atoms with Crippen molar-refractivity contribution in [3.8, 4) is 0 Å². The number of Topliss-reactive ketones (excluding diaryl/α,β-unsaturated/α-hetero) is 1. The molecule has 0 aromatic heterocycles. The van der Waals surface area contributed by atoms with Crippen molar-refractivity contribution in [2.75, 3.05) is 6.61 Å². The molecule has 0 heterocycles. The first-order valence-electron chi connectivity index (χ1n) is 5.19. The Morgan fingerprint density at radius 3 is 2.88 bits per heavy atom. The van der Waals surface area contributed by atoms with Crippen LogP contribution >= 0.6 is 15.9 Å². The number of hydrogen-bond acceptors (Lipinski definition) is 3. The van der Waals surface area contributed by atoms with E-state index < -0.39 is 17.4 Å². The van der Waals surface area contributed by atoms with Crippen LogP contribution in [0.25, 0.3) is 0 Å². The first-order valence-corrected chi connectivity index (χ1v) is 5.98. The summed E-state index contributed by atoms with van der Waals surface area (Å²) in [6.45, 7) is 1.62. The van der Waals surface area contributed by atoms with Gasteiger partial charge in [0.1, 0.15) is 0 Å². The Balaban J connectivity index is 2.43. The average molecular weight is 301 g/mol. The molecule has 0 amide bonds. The Labute approximate surface area is 106 Å². The van der Waals surface area contributed by atoms with Gasteiger partial charge in [0.25, 0.3) is 5.67 Å². The number of benzene rings is 1. The van der Waals surface area contributed by atoms with E-state index in [9.17, 15) is 14.0 Å². The second kappa shape index (κ2) is 4.22. The monoisotopic (exact) mass is 300 g/mol. The molecule has 5 heteroatoms. The number of ether oxygens (including phenoxy) is 1. The van der Waals surface area contributed by atoms with Gasteiger partial charge < -0.3 is 4.74 Å². The van der Waals surface area contributed by atoms with E-state index in [2.05, 4.69) is 20.7 Å². The molecule has 0 unspecified atom stereocenters. The Morgan fingerprint density at radius 2 is 2.29 bits per heavy atom. The second-order valence-electron chi connectivity index (χ2n) is 3.80. The number of alkyl halides is 1. The summed E-state index contributed by atoms with van der Waals surface area (Å²) in [4.78, 5) is 23.5. The fourth-order valence-corrected chi connectivity index (χ4v) is 2.51. The van der Waals surface area contributed by atoms with Gasteiger partial charge in [-0.2, -0.15) is 0 Å². The minimum absolute atomic E-state index is 0.0509. The van der Waals surface area contributed by atoms with Gasteiger partial charge in [-0.1, -0.05) is 28.1 Å². The summed E-state index contributed by atoms with van der Waals surface area (Å²) in [7, 11) is 0. The van der Waals surface area contributed by atoms with E-state index in [0.717, 1.165) is 0 Å². The maximum atomic E-state index is 14.4. The molecular weight excluding hydrogens is 291 g/mol. The van der Waals surface area contributed by atoms with E-state index in [4.69, 9.17) is 0 Å². The summed E-state index contributed by atoms with van der Waals surface area (Å²) >= 11 is 3.19. The first kappa shape index (κ1) is 12.2.